The number of piperidine rings is 1. The van der Waals surface area contributed by atoms with E-state index in [0.29, 0.717) is 23.7 Å². The van der Waals surface area contributed by atoms with Crippen LogP contribution in [0.15, 0.2) is 18.5 Å². The Balaban J connectivity index is 2.11. The highest BCUT2D eigenvalue weighted by molar-refractivity contribution is 6.33. The smallest absolute Gasteiger partial charge is 0.255 e. The Morgan fingerprint density at radius 3 is 2.75 bits per heavy atom. The Kier molecular flexibility index (Phi) is 3.66. The maximum Gasteiger partial charge on any atom is 0.255 e. The zero-order valence-corrected chi connectivity index (χ0v) is 10.2. The van der Waals surface area contributed by atoms with Crippen molar-refractivity contribution in [1.82, 2.24) is 9.88 Å². The highest BCUT2D eigenvalue weighted by Crippen LogP contribution is 2.20. The van der Waals surface area contributed by atoms with Gasteiger partial charge >= 0.3 is 0 Å². The molecule has 2 rings (SSSR count). The predicted molar refractivity (Wildman–Crippen MR) is 64.0 cm³/mol. The second kappa shape index (κ2) is 5.02. The summed E-state index contributed by atoms with van der Waals surface area (Å²) in [6.07, 6.45) is 4.75. The zero-order chi connectivity index (χ0) is 11.5. The van der Waals surface area contributed by atoms with E-state index in [4.69, 9.17) is 23.2 Å². The van der Waals surface area contributed by atoms with Gasteiger partial charge in [0, 0.05) is 30.9 Å². The van der Waals surface area contributed by atoms with Gasteiger partial charge in [-0.3, -0.25) is 9.78 Å². The molecule has 5 heteroatoms. The molecule has 0 bridgehead atoms. The molecule has 0 atom stereocenters. The molecule has 0 saturated carbocycles. The molecule has 1 saturated heterocycles. The summed E-state index contributed by atoms with van der Waals surface area (Å²) in [5.41, 5.74) is 0.518. The Hall–Kier alpha value is -0.800. The fourth-order valence-corrected chi connectivity index (χ4v) is 2.17. The summed E-state index contributed by atoms with van der Waals surface area (Å²) >= 11 is 11.9. The molecule has 86 valence electrons. The van der Waals surface area contributed by atoms with Gasteiger partial charge in [0.05, 0.1) is 10.6 Å². The minimum absolute atomic E-state index is 0.0315. The van der Waals surface area contributed by atoms with Gasteiger partial charge < -0.3 is 4.90 Å². The van der Waals surface area contributed by atoms with Crippen LogP contribution in [0.3, 0.4) is 0 Å². The maximum absolute atomic E-state index is 12.1. The molecule has 16 heavy (non-hydrogen) atoms. The van der Waals surface area contributed by atoms with Crippen LogP contribution in [0.4, 0.5) is 0 Å². The third-order valence-corrected chi connectivity index (χ3v) is 3.45. The van der Waals surface area contributed by atoms with E-state index in [1.165, 1.54) is 6.20 Å². The first-order chi connectivity index (χ1) is 7.68. The third kappa shape index (κ3) is 2.47. The number of likely N-dealkylation sites (tertiary alicyclic amines) is 1. The summed E-state index contributed by atoms with van der Waals surface area (Å²) in [6, 6.07) is 1.65. The predicted octanol–water partition coefficient (Wildman–Crippen LogP) is 2.58. The van der Waals surface area contributed by atoms with Crippen LogP contribution in [-0.2, 0) is 0 Å². The van der Waals surface area contributed by atoms with E-state index in [1.807, 2.05) is 0 Å². The van der Waals surface area contributed by atoms with Crippen molar-refractivity contribution in [3.05, 3.63) is 29.0 Å². The maximum atomic E-state index is 12.1. The van der Waals surface area contributed by atoms with Crippen LogP contribution in [-0.4, -0.2) is 34.3 Å². The molecule has 0 N–H and O–H groups in total. The van der Waals surface area contributed by atoms with E-state index in [0.717, 1.165) is 12.8 Å². The molecule has 0 unspecified atom stereocenters. The molecule has 0 aliphatic carbocycles. The standard InChI is InChI=1S/C11H12Cl2N2O/c12-8-2-5-15(6-3-8)11(16)9-1-4-14-7-10(9)13/h1,4,7-8H,2-3,5-6H2. The first kappa shape index (κ1) is 11.7. The number of halogens is 2. The molecule has 1 aromatic heterocycles. The minimum atomic E-state index is -0.0315. The van der Waals surface area contributed by atoms with Crippen molar-refractivity contribution < 1.29 is 4.79 Å². The number of alkyl halides is 1. The number of rotatable bonds is 1. The molecule has 0 radical (unpaired) electrons. The molecule has 0 spiro atoms. The Labute approximate surface area is 104 Å². The summed E-state index contributed by atoms with van der Waals surface area (Å²) in [6.45, 7) is 1.40. The summed E-state index contributed by atoms with van der Waals surface area (Å²) in [4.78, 5) is 17.8. The first-order valence-corrected chi connectivity index (χ1v) is 6.03. The highest BCUT2D eigenvalue weighted by atomic mass is 35.5. The van der Waals surface area contributed by atoms with E-state index < -0.39 is 0 Å². The summed E-state index contributed by atoms with van der Waals surface area (Å²) in [5, 5.41) is 0.595. The van der Waals surface area contributed by atoms with E-state index >= 15 is 0 Å². The zero-order valence-electron chi connectivity index (χ0n) is 8.70. The second-order valence-corrected chi connectivity index (χ2v) is 4.85. The van der Waals surface area contributed by atoms with Gasteiger partial charge in [0.2, 0.25) is 0 Å². The second-order valence-electron chi connectivity index (χ2n) is 3.82. The SMILES string of the molecule is O=C(c1ccncc1Cl)N1CCC(Cl)CC1. The molecule has 1 aromatic rings. The quantitative estimate of drug-likeness (QED) is 0.726. The van der Waals surface area contributed by atoms with Gasteiger partial charge in [-0.05, 0) is 18.9 Å². The van der Waals surface area contributed by atoms with Crippen LogP contribution >= 0.6 is 23.2 Å². The molecule has 3 nitrogen and oxygen atoms in total. The van der Waals surface area contributed by atoms with Gasteiger partial charge in [-0.15, -0.1) is 11.6 Å². The van der Waals surface area contributed by atoms with Gasteiger partial charge in [0.25, 0.3) is 5.91 Å². The lowest BCUT2D eigenvalue weighted by Crippen LogP contribution is -2.38. The number of hydrogen-bond donors (Lipinski definition) is 0. The fourth-order valence-electron chi connectivity index (χ4n) is 1.77. The monoisotopic (exact) mass is 258 g/mol. The van der Waals surface area contributed by atoms with Crippen LogP contribution in [0, 0.1) is 0 Å². The lowest BCUT2D eigenvalue weighted by atomic mass is 10.1. The highest BCUT2D eigenvalue weighted by Gasteiger charge is 2.23. The number of nitrogens with zero attached hydrogens (tertiary/aromatic N) is 2. The topological polar surface area (TPSA) is 33.2 Å². The third-order valence-electron chi connectivity index (χ3n) is 2.71. The van der Waals surface area contributed by atoms with Crippen molar-refractivity contribution in [3.8, 4) is 0 Å². The van der Waals surface area contributed by atoms with Crippen LogP contribution in [0.5, 0.6) is 0 Å². The summed E-state index contributed by atoms with van der Waals surface area (Å²) in [7, 11) is 0. The molecule has 1 aliphatic rings. The van der Waals surface area contributed by atoms with E-state index in [9.17, 15) is 4.79 Å². The van der Waals surface area contributed by atoms with Gasteiger partial charge in [-0.2, -0.15) is 0 Å². The Morgan fingerprint density at radius 1 is 1.44 bits per heavy atom. The number of amides is 1. The normalized spacial score (nSPS) is 17.5. The van der Waals surface area contributed by atoms with Crippen molar-refractivity contribution in [1.29, 1.82) is 0 Å². The van der Waals surface area contributed by atoms with Crippen LogP contribution in [0.2, 0.25) is 5.02 Å². The van der Waals surface area contributed by atoms with Crippen molar-refractivity contribution in [3.63, 3.8) is 0 Å². The van der Waals surface area contributed by atoms with Gasteiger partial charge in [0.1, 0.15) is 0 Å². The molecular weight excluding hydrogens is 247 g/mol. The van der Waals surface area contributed by atoms with E-state index in [-0.39, 0.29) is 11.3 Å². The molecular formula is C11H12Cl2N2O. The number of carbonyl (C=O) groups is 1. The van der Waals surface area contributed by atoms with Crippen molar-refractivity contribution in [2.24, 2.45) is 0 Å². The van der Waals surface area contributed by atoms with Gasteiger partial charge in [0.15, 0.2) is 0 Å². The average molecular weight is 259 g/mol. The lowest BCUT2D eigenvalue weighted by Gasteiger charge is -2.29. The van der Waals surface area contributed by atoms with Crippen LogP contribution in [0.25, 0.3) is 0 Å². The average Bonchev–Trinajstić information content (AvgIpc) is 2.30. The van der Waals surface area contributed by atoms with E-state index in [1.54, 1.807) is 17.2 Å². The number of carbonyl (C=O) groups excluding carboxylic acids is 1. The van der Waals surface area contributed by atoms with Crippen molar-refractivity contribution >= 4 is 29.1 Å². The van der Waals surface area contributed by atoms with Crippen molar-refractivity contribution in [2.45, 2.75) is 18.2 Å². The Bertz CT molecular complexity index is 389. The molecule has 1 amide bonds. The van der Waals surface area contributed by atoms with Crippen LogP contribution < -0.4 is 0 Å². The number of hydrogen-bond acceptors (Lipinski definition) is 2. The molecule has 1 fully saturated rings. The van der Waals surface area contributed by atoms with E-state index in [2.05, 4.69) is 4.98 Å². The molecule has 0 aromatic carbocycles. The lowest BCUT2D eigenvalue weighted by molar-refractivity contribution is 0.0726. The number of pyridine rings is 1. The first-order valence-electron chi connectivity index (χ1n) is 5.21. The van der Waals surface area contributed by atoms with Crippen molar-refractivity contribution in [2.75, 3.05) is 13.1 Å². The summed E-state index contributed by atoms with van der Waals surface area (Å²) in [5.74, 6) is -0.0315. The molecule has 2 heterocycles. The number of aromatic nitrogens is 1. The largest absolute Gasteiger partial charge is 0.338 e. The fraction of sp³-hybridized carbons (Fsp3) is 0.455. The van der Waals surface area contributed by atoms with Crippen LogP contribution in [0.1, 0.15) is 23.2 Å². The summed E-state index contributed by atoms with van der Waals surface area (Å²) < 4.78 is 0. The minimum Gasteiger partial charge on any atom is -0.338 e. The molecule has 1 aliphatic heterocycles. The van der Waals surface area contributed by atoms with Gasteiger partial charge in [-0.1, -0.05) is 11.6 Å². The van der Waals surface area contributed by atoms with Gasteiger partial charge in [-0.25, -0.2) is 0 Å². The Morgan fingerprint density at radius 2 is 2.12 bits per heavy atom.